The smallest absolute Gasteiger partial charge is 0.257 e. The summed E-state index contributed by atoms with van der Waals surface area (Å²) in [5.74, 6) is -0.594. The van der Waals surface area contributed by atoms with Crippen LogP contribution >= 0.6 is 0 Å². The lowest BCUT2D eigenvalue weighted by Crippen LogP contribution is -2.22. The lowest BCUT2D eigenvalue weighted by Gasteiger charge is -2.14. The molecule has 0 unspecified atom stereocenters. The summed E-state index contributed by atoms with van der Waals surface area (Å²) in [5.41, 5.74) is 0.291. The highest BCUT2D eigenvalue weighted by atomic mass is 16.3. The molecule has 0 fully saturated rings. The van der Waals surface area contributed by atoms with E-state index in [1.807, 2.05) is 6.07 Å². The Bertz CT molecular complexity index is 632. The first-order valence-corrected chi connectivity index (χ1v) is 5.47. The molecule has 4 heteroatoms. The maximum atomic E-state index is 11.9. The zero-order chi connectivity index (χ0) is 13.3. The molecule has 1 N–H and O–H groups in total. The lowest BCUT2D eigenvalue weighted by atomic mass is 9.99. The minimum absolute atomic E-state index is 0.140. The normalized spacial score (nSPS) is 10.3. The Morgan fingerprint density at radius 2 is 1.94 bits per heavy atom. The number of phenolic OH excluding ortho intramolecular Hbond substituents is 1. The van der Waals surface area contributed by atoms with E-state index in [9.17, 15) is 14.7 Å². The maximum Gasteiger partial charge on any atom is 0.257 e. The zero-order valence-corrected chi connectivity index (χ0v) is 10.2. The summed E-state index contributed by atoms with van der Waals surface area (Å²) in [7, 11) is 3.19. The van der Waals surface area contributed by atoms with Crippen LogP contribution in [0.25, 0.3) is 10.8 Å². The van der Waals surface area contributed by atoms with Gasteiger partial charge in [0.15, 0.2) is 6.29 Å². The van der Waals surface area contributed by atoms with Crippen LogP contribution in [-0.4, -0.2) is 36.3 Å². The molecule has 4 nitrogen and oxygen atoms in total. The van der Waals surface area contributed by atoms with Gasteiger partial charge in [-0.15, -0.1) is 0 Å². The third-order valence-corrected chi connectivity index (χ3v) is 2.82. The number of phenols is 1. The van der Waals surface area contributed by atoms with Crippen molar-refractivity contribution < 1.29 is 14.7 Å². The first-order valence-electron chi connectivity index (χ1n) is 5.47. The van der Waals surface area contributed by atoms with Crippen molar-refractivity contribution in [3.05, 3.63) is 41.5 Å². The minimum Gasteiger partial charge on any atom is -0.506 e. The van der Waals surface area contributed by atoms with Crippen LogP contribution in [0.3, 0.4) is 0 Å². The molecule has 0 heterocycles. The summed E-state index contributed by atoms with van der Waals surface area (Å²) < 4.78 is 0. The molecule has 0 radical (unpaired) electrons. The highest BCUT2D eigenvalue weighted by Gasteiger charge is 2.18. The molecule has 18 heavy (non-hydrogen) atoms. The fraction of sp³-hybridized carbons (Fsp3) is 0.143. The molecule has 2 rings (SSSR count). The highest BCUT2D eigenvalue weighted by molar-refractivity contribution is 6.08. The molecular weight excluding hydrogens is 230 g/mol. The van der Waals surface area contributed by atoms with E-state index in [0.29, 0.717) is 11.7 Å². The van der Waals surface area contributed by atoms with E-state index in [4.69, 9.17) is 0 Å². The van der Waals surface area contributed by atoms with Gasteiger partial charge in [-0.1, -0.05) is 24.3 Å². The van der Waals surface area contributed by atoms with Crippen molar-refractivity contribution in [1.29, 1.82) is 0 Å². The first kappa shape index (κ1) is 12.1. The van der Waals surface area contributed by atoms with Crippen LogP contribution in [0.1, 0.15) is 20.7 Å². The van der Waals surface area contributed by atoms with Gasteiger partial charge in [0.1, 0.15) is 5.75 Å². The molecule has 0 spiro atoms. The number of aromatic hydroxyl groups is 1. The van der Waals surface area contributed by atoms with Crippen molar-refractivity contribution in [2.75, 3.05) is 14.1 Å². The fourth-order valence-corrected chi connectivity index (χ4v) is 1.89. The van der Waals surface area contributed by atoms with Crippen LogP contribution in [0.4, 0.5) is 0 Å². The number of aldehydes is 1. The van der Waals surface area contributed by atoms with Gasteiger partial charge in [-0.25, -0.2) is 0 Å². The van der Waals surface area contributed by atoms with Crippen LogP contribution in [0.15, 0.2) is 30.3 Å². The summed E-state index contributed by atoms with van der Waals surface area (Å²) in [6.07, 6.45) is 0.574. The van der Waals surface area contributed by atoms with Gasteiger partial charge in [0.2, 0.25) is 0 Å². The van der Waals surface area contributed by atoms with Crippen molar-refractivity contribution in [1.82, 2.24) is 4.90 Å². The summed E-state index contributed by atoms with van der Waals surface area (Å²) in [6, 6.07) is 8.73. The van der Waals surface area contributed by atoms with E-state index >= 15 is 0 Å². The average molecular weight is 243 g/mol. The van der Waals surface area contributed by atoms with Gasteiger partial charge in [-0.2, -0.15) is 0 Å². The van der Waals surface area contributed by atoms with Crippen LogP contribution in [-0.2, 0) is 0 Å². The molecule has 0 aliphatic rings. The highest BCUT2D eigenvalue weighted by Crippen LogP contribution is 2.30. The number of benzene rings is 2. The van der Waals surface area contributed by atoms with E-state index in [2.05, 4.69) is 0 Å². The van der Waals surface area contributed by atoms with Crippen molar-refractivity contribution in [2.45, 2.75) is 0 Å². The minimum atomic E-state index is -0.332. The molecule has 1 amide bonds. The van der Waals surface area contributed by atoms with Gasteiger partial charge in [-0.05, 0) is 16.8 Å². The second kappa shape index (κ2) is 4.49. The molecule has 0 aliphatic carbocycles. The lowest BCUT2D eigenvalue weighted by molar-refractivity contribution is 0.0825. The topological polar surface area (TPSA) is 57.6 Å². The predicted molar refractivity (Wildman–Crippen MR) is 69.0 cm³/mol. The number of rotatable bonds is 2. The van der Waals surface area contributed by atoms with Gasteiger partial charge in [-0.3, -0.25) is 9.59 Å². The third kappa shape index (κ3) is 1.82. The summed E-state index contributed by atoms with van der Waals surface area (Å²) in [5, 5.41) is 11.4. The summed E-state index contributed by atoms with van der Waals surface area (Å²) in [6.45, 7) is 0. The molecule has 0 aliphatic heterocycles. The van der Waals surface area contributed by atoms with Gasteiger partial charge >= 0.3 is 0 Å². The number of amides is 1. The molecule has 2 aromatic carbocycles. The standard InChI is InChI=1S/C14H13NO3/c1-15(2)14(18)11-7-9-5-3-4-6-10(9)12(8-16)13(11)17/h3-8,17H,1-2H3. The Hall–Kier alpha value is -2.36. The fourth-order valence-electron chi connectivity index (χ4n) is 1.89. The second-order valence-electron chi connectivity index (χ2n) is 4.22. The summed E-state index contributed by atoms with van der Waals surface area (Å²) >= 11 is 0. The number of hydrogen-bond acceptors (Lipinski definition) is 3. The number of carbonyl (C=O) groups is 2. The van der Waals surface area contributed by atoms with E-state index in [1.54, 1.807) is 38.4 Å². The van der Waals surface area contributed by atoms with E-state index in [1.165, 1.54) is 4.90 Å². The Morgan fingerprint density at radius 3 is 2.56 bits per heavy atom. The van der Waals surface area contributed by atoms with Crippen molar-refractivity contribution >= 4 is 23.0 Å². The molecule has 0 saturated carbocycles. The Kier molecular flexibility index (Phi) is 3.02. The Morgan fingerprint density at radius 1 is 1.28 bits per heavy atom. The van der Waals surface area contributed by atoms with Gasteiger partial charge in [0.25, 0.3) is 5.91 Å². The Labute approximate surface area is 104 Å². The molecule has 0 bridgehead atoms. The summed E-state index contributed by atoms with van der Waals surface area (Å²) in [4.78, 5) is 24.4. The molecule has 2 aromatic rings. The zero-order valence-electron chi connectivity index (χ0n) is 10.2. The van der Waals surface area contributed by atoms with E-state index < -0.39 is 0 Å². The van der Waals surface area contributed by atoms with Crippen molar-refractivity contribution in [3.63, 3.8) is 0 Å². The largest absolute Gasteiger partial charge is 0.506 e. The van der Waals surface area contributed by atoms with Crippen LogP contribution < -0.4 is 0 Å². The average Bonchev–Trinajstić information content (AvgIpc) is 2.37. The van der Waals surface area contributed by atoms with Crippen molar-refractivity contribution in [3.8, 4) is 5.75 Å². The molecule has 0 aromatic heterocycles. The number of nitrogens with zero attached hydrogens (tertiary/aromatic N) is 1. The quantitative estimate of drug-likeness (QED) is 0.821. The van der Waals surface area contributed by atoms with E-state index in [-0.39, 0.29) is 22.8 Å². The van der Waals surface area contributed by atoms with Gasteiger partial charge in [0, 0.05) is 14.1 Å². The monoisotopic (exact) mass is 243 g/mol. The third-order valence-electron chi connectivity index (χ3n) is 2.82. The molecule has 0 atom stereocenters. The number of carbonyl (C=O) groups excluding carboxylic acids is 2. The first-order chi connectivity index (χ1) is 8.56. The van der Waals surface area contributed by atoms with Crippen molar-refractivity contribution in [2.24, 2.45) is 0 Å². The SMILES string of the molecule is CN(C)C(=O)c1cc2ccccc2c(C=O)c1O. The Balaban J connectivity index is 2.81. The van der Waals surface area contributed by atoms with Crippen LogP contribution in [0.5, 0.6) is 5.75 Å². The molecule has 0 saturated heterocycles. The molecule has 92 valence electrons. The number of fused-ring (bicyclic) bond motifs is 1. The van der Waals surface area contributed by atoms with Crippen LogP contribution in [0.2, 0.25) is 0 Å². The van der Waals surface area contributed by atoms with E-state index in [0.717, 1.165) is 5.39 Å². The molecular formula is C14H13NO3. The van der Waals surface area contributed by atoms with Gasteiger partial charge in [0.05, 0.1) is 11.1 Å². The predicted octanol–water partition coefficient (Wildman–Crippen LogP) is 2.06. The maximum absolute atomic E-state index is 11.9. The number of hydrogen-bond donors (Lipinski definition) is 1. The van der Waals surface area contributed by atoms with Gasteiger partial charge < -0.3 is 10.0 Å². The van der Waals surface area contributed by atoms with Crippen LogP contribution in [0, 0.1) is 0 Å². The second-order valence-corrected chi connectivity index (χ2v) is 4.22.